The lowest BCUT2D eigenvalue weighted by Gasteiger charge is -2.24. The molecule has 4 heteroatoms. The number of rotatable bonds is 2. The number of carbonyl (C=O) groups is 1. The van der Waals surface area contributed by atoms with E-state index in [4.69, 9.17) is 4.84 Å². The fourth-order valence-electron chi connectivity index (χ4n) is 1.78. The third-order valence-electron chi connectivity index (χ3n) is 2.81. The van der Waals surface area contributed by atoms with Gasteiger partial charge in [-0.05, 0) is 43.0 Å². The largest absolute Gasteiger partial charge is 0.271 e. The summed E-state index contributed by atoms with van der Waals surface area (Å²) < 4.78 is 0.992. The highest BCUT2D eigenvalue weighted by Crippen LogP contribution is 2.19. The van der Waals surface area contributed by atoms with E-state index in [2.05, 4.69) is 15.9 Å². The zero-order valence-electron chi connectivity index (χ0n) is 10.4. The van der Waals surface area contributed by atoms with Gasteiger partial charge in [-0.25, -0.2) is 5.06 Å². The van der Waals surface area contributed by atoms with Gasteiger partial charge in [0.1, 0.15) is 0 Å². The lowest BCUT2D eigenvalue weighted by molar-refractivity contribution is -0.191. The highest BCUT2D eigenvalue weighted by Gasteiger charge is 2.14. The minimum atomic E-state index is -0.0952. The Kier molecular flexibility index (Phi) is 4.55. The van der Waals surface area contributed by atoms with E-state index < -0.39 is 0 Å². The lowest BCUT2D eigenvalue weighted by atomic mass is 10.1. The fraction of sp³-hybridized carbons (Fsp3) is 0.357. The molecule has 1 aliphatic rings. The van der Waals surface area contributed by atoms with Crippen LogP contribution in [-0.4, -0.2) is 24.1 Å². The first kappa shape index (κ1) is 13.3. The molecule has 1 fully saturated rings. The molecule has 18 heavy (non-hydrogen) atoms. The van der Waals surface area contributed by atoms with Gasteiger partial charge >= 0.3 is 0 Å². The Morgan fingerprint density at radius 3 is 2.94 bits per heavy atom. The zero-order valence-corrected chi connectivity index (χ0v) is 11.9. The minimum Gasteiger partial charge on any atom is -0.271 e. The zero-order chi connectivity index (χ0) is 13.0. The van der Waals surface area contributed by atoms with Crippen molar-refractivity contribution < 1.29 is 9.63 Å². The maximum absolute atomic E-state index is 11.8. The summed E-state index contributed by atoms with van der Waals surface area (Å²) in [6.07, 6.45) is 5.40. The number of halogens is 1. The third kappa shape index (κ3) is 3.43. The van der Waals surface area contributed by atoms with E-state index in [1.807, 2.05) is 31.2 Å². The maximum atomic E-state index is 11.8. The van der Waals surface area contributed by atoms with Gasteiger partial charge < -0.3 is 0 Å². The van der Waals surface area contributed by atoms with Gasteiger partial charge in [0.2, 0.25) is 0 Å². The van der Waals surface area contributed by atoms with Crippen molar-refractivity contribution in [1.82, 2.24) is 5.06 Å². The second-order valence-corrected chi connectivity index (χ2v) is 5.19. The first-order valence-corrected chi connectivity index (χ1v) is 6.85. The van der Waals surface area contributed by atoms with E-state index in [1.165, 1.54) is 10.6 Å². The van der Waals surface area contributed by atoms with E-state index in [9.17, 15) is 4.79 Å². The van der Waals surface area contributed by atoms with Gasteiger partial charge in [-0.15, -0.1) is 0 Å². The monoisotopic (exact) mass is 309 g/mol. The van der Waals surface area contributed by atoms with Crippen LogP contribution in [0.4, 0.5) is 0 Å². The van der Waals surface area contributed by atoms with E-state index in [1.54, 1.807) is 6.08 Å². The Morgan fingerprint density at radius 1 is 1.44 bits per heavy atom. The van der Waals surface area contributed by atoms with Crippen LogP contribution >= 0.6 is 15.9 Å². The van der Waals surface area contributed by atoms with Crippen LogP contribution in [-0.2, 0) is 9.63 Å². The van der Waals surface area contributed by atoms with Gasteiger partial charge in [0.15, 0.2) is 0 Å². The molecule has 1 aliphatic heterocycles. The second kappa shape index (κ2) is 6.16. The summed E-state index contributed by atoms with van der Waals surface area (Å²) in [6.45, 7) is 3.34. The summed E-state index contributed by atoms with van der Waals surface area (Å²) in [4.78, 5) is 17.1. The van der Waals surface area contributed by atoms with E-state index >= 15 is 0 Å². The predicted molar refractivity (Wildman–Crippen MR) is 74.8 cm³/mol. The number of amides is 1. The number of carbonyl (C=O) groups excluding carboxylic acids is 1. The van der Waals surface area contributed by atoms with Crippen molar-refractivity contribution in [2.75, 3.05) is 13.2 Å². The van der Waals surface area contributed by atoms with Crippen molar-refractivity contribution in [1.29, 1.82) is 0 Å². The van der Waals surface area contributed by atoms with Crippen molar-refractivity contribution in [3.05, 3.63) is 39.9 Å². The van der Waals surface area contributed by atoms with Crippen LogP contribution in [0, 0.1) is 6.92 Å². The molecule has 0 aliphatic carbocycles. The molecule has 1 aromatic rings. The topological polar surface area (TPSA) is 29.5 Å². The van der Waals surface area contributed by atoms with Gasteiger partial charge in [0, 0.05) is 17.1 Å². The number of hydrogen-bond donors (Lipinski definition) is 0. The summed E-state index contributed by atoms with van der Waals surface area (Å²) in [5.41, 5.74) is 2.18. The highest BCUT2D eigenvalue weighted by atomic mass is 79.9. The van der Waals surface area contributed by atoms with Crippen LogP contribution in [0.1, 0.15) is 24.0 Å². The standard InChI is InChI=1S/C14H16BrNO2/c1-11-4-5-12(13(15)10-11)6-7-14(17)16-8-2-3-9-18-16/h4-7,10H,2-3,8-9H2,1H3/b7-6+. The van der Waals surface area contributed by atoms with Gasteiger partial charge in [-0.2, -0.15) is 0 Å². The van der Waals surface area contributed by atoms with Crippen molar-refractivity contribution in [3.8, 4) is 0 Å². The molecule has 0 atom stereocenters. The van der Waals surface area contributed by atoms with Crippen molar-refractivity contribution >= 4 is 27.9 Å². The molecule has 1 aromatic carbocycles. The summed E-state index contributed by atoms with van der Waals surface area (Å²) in [5.74, 6) is -0.0952. The molecule has 0 unspecified atom stereocenters. The van der Waals surface area contributed by atoms with Gasteiger partial charge in [0.25, 0.3) is 5.91 Å². The van der Waals surface area contributed by atoms with Crippen molar-refractivity contribution in [2.45, 2.75) is 19.8 Å². The molecule has 2 rings (SSSR count). The van der Waals surface area contributed by atoms with Crippen LogP contribution in [0.15, 0.2) is 28.7 Å². The van der Waals surface area contributed by atoms with Crippen LogP contribution in [0.25, 0.3) is 6.08 Å². The molecule has 0 spiro atoms. The molecule has 3 nitrogen and oxygen atoms in total. The second-order valence-electron chi connectivity index (χ2n) is 4.34. The number of hydrogen-bond acceptors (Lipinski definition) is 2. The lowest BCUT2D eigenvalue weighted by Crippen LogP contribution is -2.34. The van der Waals surface area contributed by atoms with E-state index in [-0.39, 0.29) is 5.91 Å². The molecule has 0 radical (unpaired) electrons. The van der Waals surface area contributed by atoms with E-state index in [0.29, 0.717) is 13.2 Å². The average molecular weight is 310 g/mol. The highest BCUT2D eigenvalue weighted by molar-refractivity contribution is 9.10. The van der Waals surface area contributed by atoms with Gasteiger partial charge in [-0.1, -0.05) is 28.1 Å². The Labute approximate surface area is 116 Å². The fourth-order valence-corrected chi connectivity index (χ4v) is 2.41. The van der Waals surface area contributed by atoms with Crippen LogP contribution in [0.3, 0.4) is 0 Å². The summed E-state index contributed by atoms with van der Waals surface area (Å²) >= 11 is 3.49. The molecule has 1 heterocycles. The molecule has 96 valence electrons. The molecular formula is C14H16BrNO2. The quantitative estimate of drug-likeness (QED) is 0.784. The molecule has 0 saturated carbocycles. The first-order valence-electron chi connectivity index (χ1n) is 6.05. The molecule has 1 saturated heterocycles. The smallest absolute Gasteiger partial charge is 0.270 e. The molecule has 0 aromatic heterocycles. The number of benzene rings is 1. The normalized spacial score (nSPS) is 16.2. The predicted octanol–water partition coefficient (Wildman–Crippen LogP) is 3.32. The number of hydroxylamine groups is 2. The number of nitrogens with zero attached hydrogens (tertiary/aromatic N) is 1. The summed E-state index contributed by atoms with van der Waals surface area (Å²) in [7, 11) is 0. The van der Waals surface area contributed by atoms with Crippen LogP contribution in [0.5, 0.6) is 0 Å². The molecule has 0 N–H and O–H groups in total. The van der Waals surface area contributed by atoms with Crippen LogP contribution in [0.2, 0.25) is 0 Å². The van der Waals surface area contributed by atoms with Gasteiger partial charge in [-0.3, -0.25) is 9.63 Å². The maximum Gasteiger partial charge on any atom is 0.270 e. The number of aryl methyl sites for hydroxylation is 1. The minimum absolute atomic E-state index is 0.0952. The Bertz CT molecular complexity index is 465. The van der Waals surface area contributed by atoms with Crippen molar-refractivity contribution in [2.24, 2.45) is 0 Å². The molecule has 1 amide bonds. The molecule has 0 bridgehead atoms. The Balaban J connectivity index is 2.03. The first-order chi connectivity index (χ1) is 8.66. The van der Waals surface area contributed by atoms with E-state index in [0.717, 1.165) is 22.9 Å². The third-order valence-corrected chi connectivity index (χ3v) is 3.50. The Morgan fingerprint density at radius 2 is 2.28 bits per heavy atom. The SMILES string of the molecule is Cc1ccc(/C=C/C(=O)N2CCCCO2)c(Br)c1. The van der Waals surface area contributed by atoms with Crippen molar-refractivity contribution in [3.63, 3.8) is 0 Å². The average Bonchev–Trinajstić information content (AvgIpc) is 2.38. The van der Waals surface area contributed by atoms with Gasteiger partial charge in [0.05, 0.1) is 6.61 Å². The van der Waals surface area contributed by atoms with Crippen LogP contribution < -0.4 is 0 Å². The Hall–Kier alpha value is -1.13. The molecular weight excluding hydrogens is 294 g/mol. The summed E-state index contributed by atoms with van der Waals surface area (Å²) in [6, 6.07) is 6.04. The summed E-state index contributed by atoms with van der Waals surface area (Å²) in [5, 5.41) is 1.43.